The van der Waals surface area contributed by atoms with Gasteiger partial charge in [-0.3, -0.25) is 74.2 Å². The first-order valence-corrected chi connectivity index (χ1v) is 52.5. The Balaban J connectivity index is 0.000000127. The Morgan fingerprint density at radius 2 is 0.786 bits per heavy atom. The highest BCUT2D eigenvalue weighted by molar-refractivity contribution is 7.16. The van der Waals surface area contributed by atoms with Gasteiger partial charge < -0.3 is 57.8 Å². The molecule has 5 saturated heterocycles. The molecule has 21 rings (SSSR count). The van der Waals surface area contributed by atoms with Gasteiger partial charge >= 0.3 is 0 Å². The summed E-state index contributed by atoms with van der Waals surface area (Å²) in [5.41, 5.74) is 11.0. The number of pyridine rings is 1. The van der Waals surface area contributed by atoms with E-state index in [4.69, 9.17) is 24.4 Å². The number of rotatable bonds is 26. The van der Waals surface area contributed by atoms with Crippen molar-refractivity contribution in [3.05, 3.63) is 245 Å². The van der Waals surface area contributed by atoms with Crippen molar-refractivity contribution in [1.82, 2.24) is 78.3 Å². The molecule has 9 amide bonds. The van der Waals surface area contributed by atoms with Gasteiger partial charge in [-0.1, -0.05) is 111 Å². The fourth-order valence-electron chi connectivity index (χ4n) is 22.6. The number of ketones is 1. The van der Waals surface area contributed by atoms with Crippen LogP contribution in [0.2, 0.25) is 0 Å². The zero-order valence-corrected chi connectivity index (χ0v) is 86.0. The van der Waals surface area contributed by atoms with E-state index in [-0.39, 0.29) is 121 Å². The molecule has 0 radical (unpaired) electrons. The van der Waals surface area contributed by atoms with E-state index in [1.807, 2.05) is 80.0 Å². The molecule has 5 aliphatic heterocycles. The van der Waals surface area contributed by atoms with Crippen molar-refractivity contribution in [2.24, 2.45) is 32.5 Å². The van der Waals surface area contributed by atoms with Crippen LogP contribution < -0.4 is 31.9 Å². The van der Waals surface area contributed by atoms with Crippen molar-refractivity contribution in [2.45, 2.75) is 214 Å². The number of furan rings is 1. The normalized spacial score (nSPS) is 22.3. The number of nitrogens with zero attached hydrogens (tertiary/aromatic N) is 14. The number of hydrogen-bond acceptors (Lipinski definition) is 20. The van der Waals surface area contributed by atoms with Gasteiger partial charge in [0.25, 0.3) is 29.5 Å². The van der Waals surface area contributed by atoms with Gasteiger partial charge in [-0.05, 0) is 275 Å². The van der Waals surface area contributed by atoms with Gasteiger partial charge in [0, 0.05) is 134 Å². The molecule has 6 N–H and O–H groups in total. The Labute approximate surface area is 853 Å². The van der Waals surface area contributed by atoms with Crippen LogP contribution in [0.3, 0.4) is 0 Å². The Morgan fingerprint density at radius 3 is 1.16 bits per heavy atom. The van der Waals surface area contributed by atoms with Crippen molar-refractivity contribution < 1.29 is 52.4 Å². The summed E-state index contributed by atoms with van der Waals surface area (Å²) in [5.74, 6) is 1.40. The number of thiophene rings is 2. The largest absolute Gasteiger partial charge is 0.459 e. The third kappa shape index (κ3) is 21.6. The highest BCUT2D eigenvalue weighted by atomic mass is 32.1. The first-order valence-electron chi connectivity index (χ1n) is 50.9. The molecule has 4 aliphatic carbocycles. The van der Waals surface area contributed by atoms with Crippen molar-refractivity contribution in [1.29, 1.82) is 0 Å². The van der Waals surface area contributed by atoms with Gasteiger partial charge in [0.2, 0.25) is 47.4 Å². The van der Waals surface area contributed by atoms with E-state index in [2.05, 4.69) is 173 Å². The summed E-state index contributed by atoms with van der Waals surface area (Å²) in [6.07, 6.45) is 25.1. The number of likely N-dealkylation sites (tertiary alicyclic amines) is 5. The molecule has 758 valence electrons. The maximum atomic E-state index is 13.2. The van der Waals surface area contributed by atoms with Crippen LogP contribution in [0.25, 0.3) is 44.1 Å². The maximum absolute atomic E-state index is 13.2. The van der Waals surface area contributed by atoms with E-state index in [0.29, 0.717) is 67.4 Å². The molecular weight excluding hydrogens is 1870 g/mol. The van der Waals surface area contributed by atoms with E-state index < -0.39 is 0 Å². The number of hydrogen-bond donors (Lipinski definition) is 6. The lowest BCUT2D eigenvalue weighted by molar-refractivity contribution is -0.126. The average Bonchev–Trinajstić information content (AvgIpc) is 1.60. The van der Waals surface area contributed by atoms with Gasteiger partial charge in [-0.15, -0.1) is 22.7 Å². The topological polar surface area (TPSA) is 356 Å². The summed E-state index contributed by atoms with van der Waals surface area (Å²) >= 11 is 2.46. The molecule has 9 fully saturated rings. The minimum atomic E-state index is -0.319. The summed E-state index contributed by atoms with van der Waals surface area (Å²) in [6.45, 7) is 43.4. The monoisotopic (exact) mass is 2000 g/mol. The molecule has 31 nitrogen and oxygen atoms in total. The molecule has 4 spiro atoms. The quantitative estimate of drug-likeness (QED) is 0.0217. The number of benzene rings is 4. The zero-order valence-electron chi connectivity index (χ0n) is 84.4. The smallest absolute Gasteiger partial charge is 0.293 e. The number of fused-ring (bicyclic) bond motifs is 4. The standard InChI is InChI=1S/C30H38N6O2.C29H37N5O3.C27H29N5O3S.C26H28N4O3S/c1-6-26(37)35-13-11-30(19-35)15-23(16-30)36-25-10-9-21(17-32-20(2)29(3,4)5)14-24(25)33-28(36)34-27(38)22-8-7-12-31-18-22;1-6-25(35)33-12-11-29(18-33)15-21(16-29)34-23-10-9-20(17-30-19(2)28(3,4)5)14-22(23)31-27(34)32-26(36)24-8-7-13-37-24;1-2-23(33)31-14-11-27(17-31)15-18(16-27)32-20-8-4-3-7-19(20)28-26(32)29-24(34)21-9-10-22(36-21)25(35)30-12-5-6-13-30;1-3-7-20(31)21-10-11-22(34-21)24(33)28-25-27-18-8-5-6-9-19(18)30(25)17-14-26(15-17)12-13-29(16-26)23(32)4-2/h6-10,12,14,18,20,23,32H,1,11,13,15-17,19H2,2-5H3,(H,33,34,38);6-10,13-14,19,21,30H,1,11-12,15-18H2,2-5H3,(H,31,32,36);2-4,7-10,18H,1,5-6,11-17H2,(H,28,29,34);4-6,8-11,17H,2-3,7,12-16H2,1H3,(H,27,28,33)/t20-,23?,30?;19-,21?,29?;;/m00../s1. The molecule has 13 heterocycles. The SMILES string of the molecule is C=CC(=O)N1CCC2(CC(n3c(NC(=O)c4ccc(C(=O)CCC)s4)nc4ccccc43)C2)C1.C=CC(=O)N1CCC2(CC(n3c(NC(=O)c4ccc(C(=O)N5CCCC5)s4)nc4ccccc43)C2)C1.C=CC(=O)N1CCC2(CC(n3c(NC(=O)c4cccnc4)nc4cc(CN[C@@H](C)C(C)(C)C)ccc43)C2)C1.C=CC(=O)N1CCC2(CC(n3c(NC(=O)c4ccco4)nc4cc(CN[C@@H](C)C(C)(C)C)ccc43)C2)C1. The van der Waals surface area contributed by atoms with Crippen LogP contribution in [0.4, 0.5) is 23.8 Å². The third-order valence-corrected chi connectivity index (χ3v) is 33.8. The number of Topliss-reactive ketones (excluding diaryl/α,β-unsaturated/α-hetero) is 1. The lowest BCUT2D eigenvalue weighted by Crippen LogP contribution is -2.42. The van der Waals surface area contributed by atoms with E-state index in [0.717, 1.165) is 230 Å². The Morgan fingerprint density at radius 1 is 0.421 bits per heavy atom. The molecule has 0 unspecified atom stereocenters. The number of aromatic nitrogens is 9. The molecular formula is C112H132N20O11S2. The van der Waals surface area contributed by atoms with Crippen molar-refractivity contribution in [3.8, 4) is 0 Å². The predicted octanol–water partition coefficient (Wildman–Crippen LogP) is 19.5. The first-order chi connectivity index (χ1) is 69.6. The van der Waals surface area contributed by atoms with Crippen molar-refractivity contribution >= 4 is 150 Å². The molecule has 145 heavy (non-hydrogen) atoms. The summed E-state index contributed by atoms with van der Waals surface area (Å²) in [5, 5.41) is 19.3. The number of para-hydroxylation sites is 4. The molecule has 0 bridgehead atoms. The van der Waals surface area contributed by atoms with Gasteiger partial charge in [0.05, 0.1) is 75.5 Å². The summed E-state index contributed by atoms with van der Waals surface area (Å²) in [7, 11) is 0. The summed E-state index contributed by atoms with van der Waals surface area (Å²) in [6, 6.07) is 43.8. The van der Waals surface area contributed by atoms with E-state index in [1.165, 1.54) is 53.2 Å². The predicted molar refractivity (Wildman–Crippen MR) is 567 cm³/mol. The molecule has 12 aromatic rings. The second-order valence-electron chi connectivity index (χ2n) is 43.4. The van der Waals surface area contributed by atoms with Crippen LogP contribution in [0, 0.1) is 32.5 Å². The second-order valence-corrected chi connectivity index (χ2v) is 45.6. The van der Waals surface area contributed by atoms with Crippen LogP contribution in [0.1, 0.15) is 260 Å². The molecule has 2 atom stereocenters. The zero-order chi connectivity index (χ0) is 102. The van der Waals surface area contributed by atoms with Gasteiger partial charge in [0.1, 0.15) is 0 Å². The first kappa shape index (κ1) is 101. The molecule has 9 aliphatic rings. The number of carbonyl (C=O) groups is 10. The van der Waals surface area contributed by atoms with Crippen LogP contribution in [-0.4, -0.2) is 204 Å². The second kappa shape index (κ2) is 41.8. The van der Waals surface area contributed by atoms with Gasteiger partial charge in [0.15, 0.2) is 11.5 Å². The third-order valence-electron chi connectivity index (χ3n) is 31.6. The van der Waals surface area contributed by atoms with Crippen LogP contribution in [-0.2, 0) is 32.3 Å². The number of carbonyl (C=O) groups excluding carboxylic acids is 10. The highest BCUT2D eigenvalue weighted by Crippen LogP contribution is 2.60. The maximum Gasteiger partial charge on any atom is 0.293 e. The van der Waals surface area contributed by atoms with Crippen LogP contribution >= 0.6 is 22.7 Å². The Hall–Kier alpha value is -13.6. The Kier molecular flexibility index (Phi) is 29.3. The lowest BCUT2D eigenvalue weighted by Gasteiger charge is -2.46. The number of anilines is 4. The summed E-state index contributed by atoms with van der Waals surface area (Å²) in [4.78, 5) is 160. The van der Waals surface area contributed by atoms with E-state index in [9.17, 15) is 47.9 Å². The number of nitrogens with one attached hydrogen (secondary N) is 6. The van der Waals surface area contributed by atoms with E-state index >= 15 is 0 Å². The average molecular weight is 2000 g/mol. The lowest BCUT2D eigenvalue weighted by atomic mass is 9.64. The minimum absolute atomic E-state index is 0.00160. The number of amides is 9. The number of imidazole rings is 4. The minimum Gasteiger partial charge on any atom is -0.459 e. The Bertz CT molecular complexity index is 6950. The fraction of sp³-hybridized carbons (Fsp3) is 0.438. The van der Waals surface area contributed by atoms with Crippen molar-refractivity contribution in [2.75, 3.05) is 86.7 Å². The van der Waals surface area contributed by atoms with Gasteiger partial charge in [-0.2, -0.15) is 0 Å². The summed E-state index contributed by atoms with van der Waals surface area (Å²) < 4.78 is 13.9. The molecule has 4 aromatic carbocycles. The molecule has 4 saturated carbocycles. The van der Waals surface area contributed by atoms with Gasteiger partial charge in [-0.25, -0.2) is 19.9 Å². The molecule has 8 aromatic heterocycles. The van der Waals surface area contributed by atoms with Crippen LogP contribution in [0.15, 0.2) is 207 Å². The fourth-order valence-corrected chi connectivity index (χ4v) is 24.3. The van der Waals surface area contributed by atoms with Crippen molar-refractivity contribution in [3.63, 3.8) is 0 Å². The molecule has 33 heteroatoms. The highest BCUT2D eigenvalue weighted by Gasteiger charge is 2.55. The van der Waals surface area contributed by atoms with E-state index in [1.54, 1.807) is 60.9 Å². The van der Waals surface area contributed by atoms with Crippen LogP contribution in [0.5, 0.6) is 0 Å².